The fraction of sp³-hybridized carbons (Fsp3) is 0.0833. The van der Waals surface area contributed by atoms with Crippen molar-refractivity contribution in [2.45, 2.75) is 4.90 Å². The lowest BCUT2D eigenvalue weighted by atomic mass is 10.1. The predicted octanol–water partition coefficient (Wildman–Crippen LogP) is 1.65. The first-order valence-electron chi connectivity index (χ1n) is 4.97. The molecular weight excluding hydrogens is 238 g/mol. The van der Waals surface area contributed by atoms with Crippen LogP contribution >= 0.6 is 0 Å². The van der Waals surface area contributed by atoms with Crippen LogP contribution in [0, 0.1) is 0 Å². The molecule has 0 unspecified atom stereocenters. The van der Waals surface area contributed by atoms with Gasteiger partial charge in [-0.3, -0.25) is 4.79 Å². The van der Waals surface area contributed by atoms with Crippen molar-refractivity contribution in [3.8, 4) is 0 Å². The van der Waals surface area contributed by atoms with Gasteiger partial charge in [0.15, 0.2) is 9.84 Å². The molecular formula is C12H11NO3S. The first-order valence-corrected chi connectivity index (χ1v) is 6.86. The molecule has 2 rings (SSSR count). The smallest absolute Gasteiger partial charge is 0.209 e. The van der Waals surface area contributed by atoms with Gasteiger partial charge in [-0.2, -0.15) is 0 Å². The maximum absolute atomic E-state index is 12.0. The number of carbonyl (C=O) groups is 1. The van der Waals surface area contributed by atoms with Gasteiger partial charge in [-0.25, -0.2) is 8.42 Å². The van der Waals surface area contributed by atoms with E-state index in [1.165, 1.54) is 12.1 Å². The SMILES string of the molecule is CS(=O)(=O)c1cccc(C(=O)c2ccc[nH]2)c1. The van der Waals surface area contributed by atoms with Gasteiger partial charge >= 0.3 is 0 Å². The minimum absolute atomic E-state index is 0.148. The number of sulfone groups is 1. The summed E-state index contributed by atoms with van der Waals surface area (Å²) in [5.74, 6) is -0.222. The van der Waals surface area contributed by atoms with Gasteiger partial charge < -0.3 is 4.98 Å². The number of ketones is 1. The third-order valence-electron chi connectivity index (χ3n) is 2.37. The summed E-state index contributed by atoms with van der Waals surface area (Å²) in [6.07, 6.45) is 2.76. The summed E-state index contributed by atoms with van der Waals surface area (Å²) < 4.78 is 22.8. The largest absolute Gasteiger partial charge is 0.359 e. The Balaban J connectivity index is 2.45. The topological polar surface area (TPSA) is 67.0 Å². The van der Waals surface area contributed by atoms with E-state index in [9.17, 15) is 13.2 Å². The van der Waals surface area contributed by atoms with E-state index >= 15 is 0 Å². The highest BCUT2D eigenvalue weighted by Crippen LogP contribution is 2.14. The van der Waals surface area contributed by atoms with E-state index in [0.29, 0.717) is 11.3 Å². The van der Waals surface area contributed by atoms with E-state index in [2.05, 4.69) is 4.98 Å². The Bertz CT molecular complexity index is 642. The highest BCUT2D eigenvalue weighted by atomic mass is 32.2. The number of hydrogen-bond donors (Lipinski definition) is 1. The second-order valence-electron chi connectivity index (χ2n) is 3.71. The number of carbonyl (C=O) groups excluding carboxylic acids is 1. The Labute approximate surface area is 99.2 Å². The monoisotopic (exact) mass is 249 g/mol. The predicted molar refractivity (Wildman–Crippen MR) is 63.8 cm³/mol. The van der Waals surface area contributed by atoms with Crippen LogP contribution in [0.3, 0.4) is 0 Å². The molecule has 1 heterocycles. The van der Waals surface area contributed by atoms with Crippen LogP contribution in [0.2, 0.25) is 0 Å². The summed E-state index contributed by atoms with van der Waals surface area (Å²) in [4.78, 5) is 14.9. The standard InChI is InChI=1S/C12H11NO3S/c1-17(15,16)10-5-2-4-9(8-10)12(14)11-6-3-7-13-11/h2-8,13H,1H3. The molecule has 0 aliphatic heterocycles. The Morgan fingerprint density at radius 3 is 2.53 bits per heavy atom. The normalized spacial score (nSPS) is 11.4. The van der Waals surface area contributed by atoms with Crippen LogP contribution in [-0.2, 0) is 9.84 Å². The van der Waals surface area contributed by atoms with Gasteiger partial charge in [-0.15, -0.1) is 0 Å². The lowest BCUT2D eigenvalue weighted by molar-refractivity contribution is 0.103. The van der Waals surface area contributed by atoms with Crippen molar-refractivity contribution in [1.29, 1.82) is 0 Å². The van der Waals surface area contributed by atoms with Gasteiger partial charge in [0, 0.05) is 18.0 Å². The van der Waals surface area contributed by atoms with Crippen molar-refractivity contribution in [3.63, 3.8) is 0 Å². The molecule has 0 radical (unpaired) electrons. The fourth-order valence-corrected chi connectivity index (χ4v) is 2.16. The molecule has 1 aromatic heterocycles. The molecule has 0 spiro atoms. The molecule has 0 fully saturated rings. The average molecular weight is 249 g/mol. The number of hydrogen-bond acceptors (Lipinski definition) is 3. The molecule has 0 aliphatic rings. The molecule has 88 valence electrons. The molecule has 0 aliphatic carbocycles. The summed E-state index contributed by atoms with van der Waals surface area (Å²) in [5.41, 5.74) is 0.797. The van der Waals surface area contributed by atoms with Crippen LogP contribution in [0.1, 0.15) is 16.1 Å². The van der Waals surface area contributed by atoms with Crippen molar-refractivity contribution in [2.75, 3.05) is 6.26 Å². The fourth-order valence-electron chi connectivity index (χ4n) is 1.50. The van der Waals surface area contributed by atoms with Crippen molar-refractivity contribution in [1.82, 2.24) is 4.98 Å². The maximum atomic E-state index is 12.0. The van der Waals surface area contributed by atoms with E-state index in [1.54, 1.807) is 30.5 Å². The summed E-state index contributed by atoms with van der Waals surface area (Å²) in [7, 11) is -3.29. The van der Waals surface area contributed by atoms with Gasteiger partial charge in [-0.05, 0) is 24.3 Å². The zero-order valence-corrected chi connectivity index (χ0v) is 9.99. The lowest BCUT2D eigenvalue weighted by Gasteiger charge is -2.02. The van der Waals surface area contributed by atoms with E-state index in [1.807, 2.05) is 0 Å². The zero-order chi connectivity index (χ0) is 12.5. The van der Waals surface area contributed by atoms with Crippen LogP contribution in [0.4, 0.5) is 0 Å². The molecule has 1 aromatic carbocycles. The summed E-state index contributed by atoms with van der Waals surface area (Å²) in [6.45, 7) is 0. The molecule has 0 bridgehead atoms. The van der Waals surface area contributed by atoms with Gasteiger partial charge in [0.05, 0.1) is 10.6 Å². The highest BCUT2D eigenvalue weighted by molar-refractivity contribution is 7.90. The third-order valence-corrected chi connectivity index (χ3v) is 3.48. The quantitative estimate of drug-likeness (QED) is 0.841. The van der Waals surface area contributed by atoms with Crippen molar-refractivity contribution in [3.05, 3.63) is 53.9 Å². The van der Waals surface area contributed by atoms with Crippen LogP contribution in [0.25, 0.3) is 0 Å². The molecule has 1 N–H and O–H groups in total. The number of benzene rings is 1. The van der Waals surface area contributed by atoms with Gasteiger partial charge in [-0.1, -0.05) is 12.1 Å². The van der Waals surface area contributed by atoms with Gasteiger partial charge in [0.1, 0.15) is 0 Å². The van der Waals surface area contributed by atoms with Crippen LogP contribution in [0.15, 0.2) is 47.5 Å². The minimum atomic E-state index is -3.29. The van der Waals surface area contributed by atoms with Gasteiger partial charge in [0.2, 0.25) is 5.78 Å². The second kappa shape index (κ2) is 4.18. The van der Waals surface area contributed by atoms with E-state index in [0.717, 1.165) is 6.26 Å². The van der Waals surface area contributed by atoms with Crippen LogP contribution in [-0.4, -0.2) is 25.4 Å². The molecule has 0 atom stereocenters. The molecule has 4 nitrogen and oxygen atoms in total. The average Bonchev–Trinajstić information content (AvgIpc) is 2.80. The number of rotatable bonds is 3. The van der Waals surface area contributed by atoms with Crippen LogP contribution < -0.4 is 0 Å². The Hall–Kier alpha value is -1.88. The summed E-state index contributed by atoms with van der Waals surface area (Å²) >= 11 is 0. The lowest BCUT2D eigenvalue weighted by Crippen LogP contribution is -2.04. The number of nitrogens with one attached hydrogen (secondary N) is 1. The van der Waals surface area contributed by atoms with E-state index in [4.69, 9.17) is 0 Å². The molecule has 5 heteroatoms. The first-order chi connectivity index (χ1) is 7.98. The van der Waals surface area contributed by atoms with Crippen molar-refractivity contribution < 1.29 is 13.2 Å². The Morgan fingerprint density at radius 1 is 1.18 bits per heavy atom. The third kappa shape index (κ3) is 2.45. The number of aromatic amines is 1. The zero-order valence-electron chi connectivity index (χ0n) is 9.17. The Kier molecular flexibility index (Phi) is 2.85. The number of aromatic nitrogens is 1. The van der Waals surface area contributed by atoms with E-state index in [-0.39, 0.29) is 10.7 Å². The van der Waals surface area contributed by atoms with Gasteiger partial charge in [0.25, 0.3) is 0 Å². The first kappa shape index (κ1) is 11.6. The van der Waals surface area contributed by atoms with Crippen LogP contribution in [0.5, 0.6) is 0 Å². The molecule has 17 heavy (non-hydrogen) atoms. The van der Waals surface area contributed by atoms with Crippen molar-refractivity contribution in [2.24, 2.45) is 0 Å². The maximum Gasteiger partial charge on any atom is 0.209 e. The minimum Gasteiger partial charge on any atom is -0.359 e. The highest BCUT2D eigenvalue weighted by Gasteiger charge is 2.13. The molecule has 0 amide bonds. The summed E-state index contributed by atoms with van der Waals surface area (Å²) in [6, 6.07) is 9.38. The summed E-state index contributed by atoms with van der Waals surface area (Å²) in [5, 5.41) is 0. The molecule has 0 saturated carbocycles. The Morgan fingerprint density at radius 2 is 1.94 bits per heavy atom. The molecule has 0 saturated heterocycles. The second-order valence-corrected chi connectivity index (χ2v) is 5.73. The van der Waals surface area contributed by atoms with E-state index < -0.39 is 9.84 Å². The van der Waals surface area contributed by atoms with Crippen molar-refractivity contribution >= 4 is 15.6 Å². The number of H-pyrrole nitrogens is 1. The molecule has 2 aromatic rings.